The summed E-state index contributed by atoms with van der Waals surface area (Å²) in [4.78, 5) is 23.5. The fourth-order valence-corrected chi connectivity index (χ4v) is 3.46. The van der Waals surface area contributed by atoms with Gasteiger partial charge in [-0.15, -0.1) is 0 Å². The summed E-state index contributed by atoms with van der Waals surface area (Å²) in [5.41, 5.74) is 1.98. The van der Waals surface area contributed by atoms with Crippen LogP contribution in [0.5, 0.6) is 17.2 Å². The minimum atomic E-state index is -1.24. The lowest BCUT2D eigenvalue weighted by Gasteiger charge is -2.22. The highest BCUT2D eigenvalue weighted by Gasteiger charge is 2.26. The van der Waals surface area contributed by atoms with Crippen LogP contribution in [0.2, 0.25) is 0 Å². The van der Waals surface area contributed by atoms with Gasteiger partial charge in [-0.2, -0.15) is 0 Å². The van der Waals surface area contributed by atoms with Crippen LogP contribution >= 0.6 is 0 Å². The summed E-state index contributed by atoms with van der Waals surface area (Å²) >= 11 is 0. The molecule has 0 radical (unpaired) electrons. The van der Waals surface area contributed by atoms with E-state index in [0.29, 0.717) is 35.1 Å². The van der Waals surface area contributed by atoms with E-state index in [1.165, 1.54) is 13.0 Å². The topological polar surface area (TPSA) is 106 Å². The molecule has 3 rings (SSSR count). The standard InChI is InChI=1S/C24H26O7/c1-5-8-16-18(12-11-15(14(4)25)20(16)26)29-19(6-2)30-22-17-10-7-9-13(3)21(17)31-23(22)24(27)28/h7,9-12,19,26H,5-6,8H2,1-4H3,(H,27,28). The van der Waals surface area contributed by atoms with E-state index in [1.54, 1.807) is 18.2 Å². The Kier molecular flexibility index (Phi) is 6.53. The van der Waals surface area contributed by atoms with E-state index < -0.39 is 12.3 Å². The molecule has 1 atom stereocenters. The van der Waals surface area contributed by atoms with Gasteiger partial charge in [0.15, 0.2) is 11.5 Å². The summed E-state index contributed by atoms with van der Waals surface area (Å²) in [5.74, 6) is -1.39. The molecule has 1 unspecified atom stereocenters. The fraction of sp³-hybridized carbons (Fsp3) is 0.333. The Bertz CT molecular complexity index is 1130. The number of ether oxygens (including phenoxy) is 2. The zero-order valence-corrected chi connectivity index (χ0v) is 18.0. The molecule has 0 saturated carbocycles. The molecule has 0 aliphatic carbocycles. The lowest BCUT2D eigenvalue weighted by Crippen LogP contribution is -2.24. The SMILES string of the molecule is CCCc1c(OC(CC)Oc2c(C(=O)O)oc3c(C)cccc23)ccc(C(C)=O)c1O. The fourth-order valence-electron chi connectivity index (χ4n) is 3.46. The molecule has 1 aromatic heterocycles. The number of aromatic carboxylic acids is 1. The van der Waals surface area contributed by atoms with Gasteiger partial charge in [-0.25, -0.2) is 4.79 Å². The monoisotopic (exact) mass is 426 g/mol. The first-order valence-corrected chi connectivity index (χ1v) is 10.2. The van der Waals surface area contributed by atoms with Gasteiger partial charge < -0.3 is 24.1 Å². The third kappa shape index (κ3) is 4.35. The molecule has 3 aromatic rings. The largest absolute Gasteiger partial charge is 0.507 e. The van der Waals surface area contributed by atoms with E-state index in [2.05, 4.69) is 0 Å². The molecular formula is C24H26O7. The number of phenols is 1. The van der Waals surface area contributed by atoms with Gasteiger partial charge in [0.25, 0.3) is 5.76 Å². The lowest BCUT2D eigenvalue weighted by molar-refractivity contribution is 0.00165. The van der Waals surface area contributed by atoms with Crippen molar-refractivity contribution in [3.8, 4) is 17.2 Å². The molecule has 0 amide bonds. The summed E-state index contributed by atoms with van der Waals surface area (Å²) in [6, 6.07) is 8.49. The summed E-state index contributed by atoms with van der Waals surface area (Å²) in [6.07, 6.45) is 0.806. The molecular weight excluding hydrogens is 400 g/mol. The zero-order valence-electron chi connectivity index (χ0n) is 18.0. The number of carboxylic acid groups (broad SMARTS) is 1. The molecule has 0 fully saturated rings. The van der Waals surface area contributed by atoms with Gasteiger partial charge in [0.2, 0.25) is 6.29 Å². The van der Waals surface area contributed by atoms with E-state index in [4.69, 9.17) is 13.9 Å². The van der Waals surface area contributed by atoms with Crippen molar-refractivity contribution in [3.63, 3.8) is 0 Å². The van der Waals surface area contributed by atoms with Crippen LogP contribution in [0.3, 0.4) is 0 Å². The van der Waals surface area contributed by atoms with E-state index in [9.17, 15) is 19.8 Å². The number of furan rings is 1. The molecule has 0 aliphatic rings. The predicted octanol–water partition coefficient (Wildman–Crippen LogP) is 5.49. The molecule has 0 spiro atoms. The maximum Gasteiger partial charge on any atom is 0.375 e. The number of hydrogen-bond acceptors (Lipinski definition) is 6. The van der Waals surface area contributed by atoms with Crippen molar-refractivity contribution in [2.45, 2.75) is 53.2 Å². The zero-order chi connectivity index (χ0) is 22.7. The number of benzene rings is 2. The Morgan fingerprint density at radius 1 is 1.13 bits per heavy atom. The smallest absolute Gasteiger partial charge is 0.375 e. The Hall–Kier alpha value is -3.48. The van der Waals surface area contributed by atoms with Crippen molar-refractivity contribution in [2.75, 3.05) is 0 Å². The van der Waals surface area contributed by atoms with E-state index >= 15 is 0 Å². The summed E-state index contributed by atoms with van der Waals surface area (Å²) < 4.78 is 17.5. The number of carbonyl (C=O) groups excluding carboxylic acids is 1. The highest BCUT2D eigenvalue weighted by Crippen LogP contribution is 2.37. The number of carbonyl (C=O) groups is 2. The van der Waals surface area contributed by atoms with Crippen LogP contribution in [0, 0.1) is 6.92 Å². The highest BCUT2D eigenvalue weighted by atomic mass is 16.7. The molecule has 2 aromatic carbocycles. The van der Waals surface area contributed by atoms with Crippen LogP contribution in [0.4, 0.5) is 0 Å². The Balaban J connectivity index is 1.99. The second kappa shape index (κ2) is 9.12. The highest BCUT2D eigenvalue weighted by molar-refractivity contribution is 5.99. The number of hydrogen-bond donors (Lipinski definition) is 2. The second-order valence-electron chi connectivity index (χ2n) is 7.34. The lowest BCUT2D eigenvalue weighted by atomic mass is 10.0. The Morgan fingerprint density at radius 2 is 1.87 bits per heavy atom. The molecule has 2 N–H and O–H groups in total. The first-order valence-electron chi connectivity index (χ1n) is 10.2. The van der Waals surface area contributed by atoms with Crippen molar-refractivity contribution in [1.82, 2.24) is 0 Å². The molecule has 0 bridgehead atoms. The molecule has 31 heavy (non-hydrogen) atoms. The van der Waals surface area contributed by atoms with Gasteiger partial charge in [-0.3, -0.25) is 4.79 Å². The van der Waals surface area contributed by atoms with Crippen LogP contribution < -0.4 is 9.47 Å². The quantitative estimate of drug-likeness (QED) is 0.344. The maximum absolute atomic E-state index is 11.8. The molecule has 7 nitrogen and oxygen atoms in total. The van der Waals surface area contributed by atoms with Gasteiger partial charge in [0, 0.05) is 12.0 Å². The molecule has 1 heterocycles. The Labute approximate surface area is 180 Å². The third-order valence-corrected chi connectivity index (χ3v) is 5.02. The third-order valence-electron chi connectivity index (χ3n) is 5.02. The number of para-hydroxylation sites is 1. The van der Waals surface area contributed by atoms with Crippen LogP contribution in [-0.4, -0.2) is 28.3 Å². The van der Waals surface area contributed by atoms with Crippen molar-refractivity contribution in [1.29, 1.82) is 0 Å². The molecule has 7 heteroatoms. The number of Topliss-reactive ketones (excluding diaryl/α,β-unsaturated/α-hetero) is 1. The first-order chi connectivity index (χ1) is 14.8. The van der Waals surface area contributed by atoms with Gasteiger partial charge >= 0.3 is 5.97 Å². The molecule has 164 valence electrons. The van der Waals surface area contributed by atoms with Crippen LogP contribution in [0.1, 0.15) is 65.7 Å². The van der Waals surface area contributed by atoms with Gasteiger partial charge in [0.1, 0.15) is 17.1 Å². The van der Waals surface area contributed by atoms with Crippen molar-refractivity contribution >= 4 is 22.7 Å². The van der Waals surface area contributed by atoms with Gasteiger partial charge in [-0.1, -0.05) is 32.4 Å². The minimum Gasteiger partial charge on any atom is -0.507 e. The minimum absolute atomic E-state index is 0.0969. The van der Waals surface area contributed by atoms with Crippen molar-refractivity contribution in [2.24, 2.45) is 0 Å². The Morgan fingerprint density at radius 3 is 2.48 bits per heavy atom. The number of aryl methyl sites for hydroxylation is 1. The molecule has 0 saturated heterocycles. The van der Waals surface area contributed by atoms with Crippen molar-refractivity contribution < 1.29 is 33.7 Å². The summed E-state index contributed by atoms with van der Waals surface area (Å²) in [6.45, 7) is 7.01. The van der Waals surface area contributed by atoms with Gasteiger partial charge in [-0.05, 0) is 44.0 Å². The average Bonchev–Trinajstić information content (AvgIpc) is 3.10. The number of rotatable bonds is 9. The van der Waals surface area contributed by atoms with Gasteiger partial charge in [0.05, 0.1) is 10.9 Å². The number of ketones is 1. The number of fused-ring (bicyclic) bond motifs is 1. The average molecular weight is 426 g/mol. The molecule has 0 aliphatic heterocycles. The van der Waals surface area contributed by atoms with Crippen LogP contribution in [-0.2, 0) is 6.42 Å². The van der Waals surface area contributed by atoms with Crippen LogP contribution in [0.15, 0.2) is 34.7 Å². The number of phenolic OH excluding ortho intramolecular Hbond substituents is 1. The summed E-state index contributed by atoms with van der Waals surface area (Å²) in [5, 5.41) is 20.7. The maximum atomic E-state index is 11.8. The first kappa shape index (κ1) is 22.2. The van der Waals surface area contributed by atoms with E-state index in [0.717, 1.165) is 12.0 Å². The van der Waals surface area contributed by atoms with Crippen LogP contribution in [0.25, 0.3) is 11.0 Å². The van der Waals surface area contributed by atoms with E-state index in [1.807, 2.05) is 26.8 Å². The second-order valence-corrected chi connectivity index (χ2v) is 7.34. The summed E-state index contributed by atoms with van der Waals surface area (Å²) in [7, 11) is 0. The number of aromatic hydroxyl groups is 1. The van der Waals surface area contributed by atoms with E-state index in [-0.39, 0.29) is 28.6 Å². The normalized spacial score (nSPS) is 12.0. The number of carboxylic acids is 1. The van der Waals surface area contributed by atoms with Crippen molar-refractivity contribution in [3.05, 3.63) is 52.8 Å². The predicted molar refractivity (Wildman–Crippen MR) is 115 cm³/mol.